The van der Waals surface area contributed by atoms with Crippen molar-refractivity contribution in [2.24, 2.45) is 0 Å². The molecule has 1 aromatic carbocycles. The van der Waals surface area contributed by atoms with Gasteiger partial charge in [-0.05, 0) is 38.3 Å². The third-order valence-electron chi connectivity index (χ3n) is 3.13. The summed E-state index contributed by atoms with van der Waals surface area (Å²) in [6, 6.07) is 8.02. The number of rotatable bonds is 5. The van der Waals surface area contributed by atoms with Crippen LogP contribution in [0, 0.1) is 18.8 Å². The van der Waals surface area contributed by atoms with E-state index in [4.69, 9.17) is 0 Å². The molecule has 0 saturated heterocycles. The molecule has 1 rings (SSSR count). The van der Waals surface area contributed by atoms with Crippen molar-refractivity contribution in [1.29, 1.82) is 0 Å². The Kier molecular flexibility index (Phi) is 5.95. The fourth-order valence-electron chi connectivity index (χ4n) is 1.87. The summed E-state index contributed by atoms with van der Waals surface area (Å²) in [4.78, 5) is 0. The smallest absolute Gasteiger partial charge is 0.123 e. The van der Waals surface area contributed by atoms with Crippen LogP contribution in [-0.4, -0.2) is 10.7 Å². The minimum atomic E-state index is -0.865. The molecule has 0 aliphatic rings. The minimum absolute atomic E-state index is 0.756. The highest BCUT2D eigenvalue weighted by Crippen LogP contribution is 2.15. The molecule has 18 heavy (non-hydrogen) atoms. The van der Waals surface area contributed by atoms with Gasteiger partial charge in [0.05, 0.1) is 0 Å². The third-order valence-corrected chi connectivity index (χ3v) is 3.13. The lowest BCUT2D eigenvalue weighted by molar-refractivity contribution is 0.109. The van der Waals surface area contributed by atoms with Crippen molar-refractivity contribution in [2.45, 2.75) is 58.5 Å². The largest absolute Gasteiger partial charge is 0.378 e. The summed E-state index contributed by atoms with van der Waals surface area (Å²) in [6.45, 7) is 6.04. The normalized spacial score (nSPS) is 13.6. The summed E-state index contributed by atoms with van der Waals surface area (Å²) in [6.07, 6.45) is 5.44. The molecule has 1 unspecified atom stereocenters. The Morgan fingerprint density at radius 3 is 2.56 bits per heavy atom. The van der Waals surface area contributed by atoms with Crippen molar-refractivity contribution in [2.75, 3.05) is 0 Å². The Morgan fingerprint density at radius 2 is 1.89 bits per heavy atom. The van der Waals surface area contributed by atoms with Crippen molar-refractivity contribution >= 4 is 0 Å². The number of hydrogen-bond donors (Lipinski definition) is 1. The van der Waals surface area contributed by atoms with Gasteiger partial charge in [-0.2, -0.15) is 0 Å². The van der Waals surface area contributed by atoms with E-state index in [1.54, 1.807) is 0 Å². The number of benzene rings is 1. The lowest BCUT2D eigenvalue weighted by atomic mass is 9.97. The average molecular weight is 244 g/mol. The Balaban J connectivity index is 2.57. The van der Waals surface area contributed by atoms with Crippen LogP contribution in [-0.2, 0) is 0 Å². The van der Waals surface area contributed by atoms with Gasteiger partial charge in [-0.3, -0.25) is 0 Å². The molecule has 0 aliphatic carbocycles. The second-order valence-electron chi connectivity index (χ2n) is 5.15. The Bertz CT molecular complexity index is 421. The van der Waals surface area contributed by atoms with Crippen LogP contribution in [0.5, 0.6) is 0 Å². The van der Waals surface area contributed by atoms with E-state index < -0.39 is 5.60 Å². The summed E-state index contributed by atoms with van der Waals surface area (Å²) >= 11 is 0. The maximum atomic E-state index is 10.2. The molecule has 0 saturated carbocycles. The lowest BCUT2D eigenvalue weighted by Gasteiger charge is -2.15. The first-order valence-corrected chi connectivity index (χ1v) is 6.86. The molecule has 0 bridgehead atoms. The molecule has 0 fully saturated rings. The van der Waals surface area contributed by atoms with Gasteiger partial charge in [-0.1, -0.05) is 56.2 Å². The summed E-state index contributed by atoms with van der Waals surface area (Å²) in [5.74, 6) is 6.09. The molecular weight excluding hydrogens is 220 g/mol. The first-order chi connectivity index (χ1) is 8.55. The zero-order chi connectivity index (χ0) is 13.4. The van der Waals surface area contributed by atoms with E-state index in [2.05, 4.69) is 18.8 Å². The topological polar surface area (TPSA) is 20.2 Å². The highest BCUT2D eigenvalue weighted by Gasteiger charge is 2.15. The van der Waals surface area contributed by atoms with Gasteiger partial charge in [0.25, 0.3) is 0 Å². The summed E-state index contributed by atoms with van der Waals surface area (Å²) < 4.78 is 0. The molecule has 0 radical (unpaired) electrons. The van der Waals surface area contributed by atoms with E-state index in [-0.39, 0.29) is 0 Å². The van der Waals surface area contributed by atoms with Gasteiger partial charge in [-0.15, -0.1) is 0 Å². The Morgan fingerprint density at radius 1 is 1.17 bits per heavy atom. The van der Waals surface area contributed by atoms with Crippen LogP contribution in [0.3, 0.4) is 0 Å². The van der Waals surface area contributed by atoms with Crippen LogP contribution in [0.4, 0.5) is 0 Å². The molecule has 0 amide bonds. The first kappa shape index (κ1) is 14.8. The van der Waals surface area contributed by atoms with Crippen LogP contribution >= 0.6 is 0 Å². The van der Waals surface area contributed by atoms with E-state index in [1.165, 1.54) is 19.3 Å². The number of aliphatic hydroxyl groups is 1. The average Bonchev–Trinajstić information content (AvgIpc) is 2.34. The summed E-state index contributed by atoms with van der Waals surface area (Å²) in [5, 5.41) is 10.2. The minimum Gasteiger partial charge on any atom is -0.378 e. The van der Waals surface area contributed by atoms with Gasteiger partial charge in [0.15, 0.2) is 0 Å². The fourth-order valence-corrected chi connectivity index (χ4v) is 1.87. The van der Waals surface area contributed by atoms with Crippen LogP contribution in [0.1, 0.15) is 57.1 Å². The van der Waals surface area contributed by atoms with Gasteiger partial charge < -0.3 is 5.11 Å². The van der Waals surface area contributed by atoms with Crippen molar-refractivity contribution in [3.63, 3.8) is 0 Å². The molecule has 1 N–H and O–H groups in total. The van der Waals surface area contributed by atoms with Crippen LogP contribution in [0.25, 0.3) is 0 Å². The van der Waals surface area contributed by atoms with Gasteiger partial charge in [0.1, 0.15) is 5.60 Å². The molecule has 98 valence electrons. The van der Waals surface area contributed by atoms with Crippen molar-refractivity contribution in [3.05, 3.63) is 35.4 Å². The molecule has 1 heteroatoms. The van der Waals surface area contributed by atoms with Gasteiger partial charge in [-0.25, -0.2) is 0 Å². The van der Waals surface area contributed by atoms with Crippen LogP contribution in [0.15, 0.2) is 24.3 Å². The standard InChI is InChI=1S/C17H24O/c1-4-5-6-9-13-17(3,18)14-12-16-11-8-7-10-15(16)2/h7-8,10-11,18H,4-6,9,13H2,1-3H3. The SMILES string of the molecule is CCCCCCC(C)(O)C#Cc1ccccc1C. The maximum absolute atomic E-state index is 10.2. The third kappa shape index (κ3) is 5.38. The van der Waals surface area contributed by atoms with Crippen molar-refractivity contribution in [1.82, 2.24) is 0 Å². The van der Waals surface area contributed by atoms with Gasteiger partial charge in [0, 0.05) is 5.56 Å². The van der Waals surface area contributed by atoms with Crippen molar-refractivity contribution in [3.8, 4) is 11.8 Å². The predicted octanol–water partition coefficient (Wildman–Crippen LogP) is 4.07. The summed E-state index contributed by atoms with van der Waals surface area (Å²) in [5.41, 5.74) is 1.30. The summed E-state index contributed by atoms with van der Waals surface area (Å²) in [7, 11) is 0. The highest BCUT2D eigenvalue weighted by atomic mass is 16.3. The maximum Gasteiger partial charge on any atom is 0.123 e. The predicted molar refractivity (Wildman–Crippen MR) is 77.4 cm³/mol. The number of aryl methyl sites for hydroxylation is 1. The zero-order valence-electron chi connectivity index (χ0n) is 11.8. The molecular formula is C17H24O. The van der Waals surface area contributed by atoms with Gasteiger partial charge in [0.2, 0.25) is 0 Å². The van der Waals surface area contributed by atoms with Crippen LogP contribution < -0.4 is 0 Å². The van der Waals surface area contributed by atoms with E-state index in [1.807, 2.05) is 38.1 Å². The fraction of sp³-hybridized carbons (Fsp3) is 0.529. The second-order valence-corrected chi connectivity index (χ2v) is 5.15. The monoisotopic (exact) mass is 244 g/mol. The van der Waals surface area contributed by atoms with Crippen LogP contribution in [0.2, 0.25) is 0 Å². The molecule has 0 spiro atoms. The first-order valence-electron chi connectivity index (χ1n) is 6.86. The van der Waals surface area contributed by atoms with Crippen molar-refractivity contribution < 1.29 is 5.11 Å². The molecule has 0 aromatic heterocycles. The second kappa shape index (κ2) is 7.24. The molecule has 1 nitrogen and oxygen atoms in total. The van der Waals surface area contributed by atoms with Gasteiger partial charge >= 0.3 is 0 Å². The Labute approximate surface area is 111 Å². The van der Waals surface area contributed by atoms with E-state index in [0.717, 1.165) is 24.0 Å². The number of unbranched alkanes of at least 4 members (excludes halogenated alkanes) is 3. The van der Waals surface area contributed by atoms with E-state index >= 15 is 0 Å². The highest BCUT2D eigenvalue weighted by molar-refractivity contribution is 5.41. The molecule has 0 heterocycles. The lowest BCUT2D eigenvalue weighted by Crippen LogP contribution is -2.21. The quantitative estimate of drug-likeness (QED) is 0.611. The Hall–Kier alpha value is -1.26. The van der Waals surface area contributed by atoms with E-state index in [0.29, 0.717) is 0 Å². The van der Waals surface area contributed by atoms with E-state index in [9.17, 15) is 5.11 Å². The molecule has 1 aromatic rings. The molecule has 1 atom stereocenters. The number of hydrogen-bond acceptors (Lipinski definition) is 1. The molecule has 0 aliphatic heterocycles. The zero-order valence-corrected chi connectivity index (χ0v) is 11.8.